The van der Waals surface area contributed by atoms with E-state index in [0.29, 0.717) is 13.1 Å². The molecule has 0 aliphatic carbocycles. The van der Waals surface area contributed by atoms with Gasteiger partial charge in [0.15, 0.2) is 6.54 Å². The maximum atomic E-state index is 12.0. The van der Waals surface area contributed by atoms with E-state index in [9.17, 15) is 4.79 Å². The lowest BCUT2D eigenvalue weighted by molar-refractivity contribution is -0.873. The molecular weight excluding hydrogens is 238 g/mol. The number of likely N-dealkylation sites (N-methyl/N-ethyl adjacent to an activating group) is 1. The van der Waals surface area contributed by atoms with Crippen molar-refractivity contribution < 1.29 is 9.69 Å². The summed E-state index contributed by atoms with van der Waals surface area (Å²) in [5, 5.41) is 11.7. The van der Waals surface area contributed by atoms with Crippen molar-refractivity contribution in [1.82, 2.24) is 0 Å². The number of rotatable bonds is 5. The molecule has 0 radical (unpaired) electrons. The molecule has 0 aromatic heterocycles. The van der Waals surface area contributed by atoms with Gasteiger partial charge in [-0.3, -0.25) is 4.79 Å². The highest BCUT2D eigenvalue weighted by molar-refractivity contribution is 5.93. The van der Waals surface area contributed by atoms with Crippen molar-refractivity contribution in [3.63, 3.8) is 0 Å². The van der Waals surface area contributed by atoms with Crippen LogP contribution in [0.5, 0.6) is 0 Å². The van der Waals surface area contributed by atoms with Gasteiger partial charge < -0.3 is 10.2 Å². The zero-order valence-corrected chi connectivity index (χ0v) is 12.1. The van der Waals surface area contributed by atoms with E-state index in [-0.39, 0.29) is 11.8 Å². The average Bonchev–Trinajstić information content (AvgIpc) is 2.33. The number of nitrogens with zero attached hydrogens (tertiary/aromatic N) is 1. The second-order valence-corrected chi connectivity index (χ2v) is 5.18. The Morgan fingerprint density at radius 2 is 2.00 bits per heavy atom. The van der Waals surface area contributed by atoms with Crippen molar-refractivity contribution in [2.45, 2.75) is 20.8 Å². The molecule has 102 valence electrons. The van der Waals surface area contributed by atoms with Crippen LogP contribution in [0.4, 0.5) is 5.69 Å². The van der Waals surface area contributed by atoms with Crippen molar-refractivity contribution in [2.24, 2.45) is 5.92 Å². The summed E-state index contributed by atoms with van der Waals surface area (Å²) in [4.78, 5) is 13.0. The molecule has 4 heteroatoms. The number of benzene rings is 1. The summed E-state index contributed by atoms with van der Waals surface area (Å²) >= 11 is 0. The molecule has 1 aromatic carbocycles. The van der Waals surface area contributed by atoms with Gasteiger partial charge in [-0.25, -0.2) is 0 Å². The van der Waals surface area contributed by atoms with Gasteiger partial charge >= 0.3 is 0 Å². The van der Waals surface area contributed by atoms with Crippen molar-refractivity contribution in [1.29, 1.82) is 5.26 Å². The first kappa shape index (κ1) is 15.2. The topological polar surface area (TPSA) is 57.3 Å². The molecule has 4 nitrogen and oxygen atoms in total. The second kappa shape index (κ2) is 6.91. The molecule has 1 aromatic rings. The Bertz CT molecular complexity index is 470. The Labute approximate surface area is 115 Å². The number of nitrogens with one attached hydrogen (secondary N) is 2. The van der Waals surface area contributed by atoms with Gasteiger partial charge in [0.05, 0.1) is 25.6 Å². The number of carbonyl (C=O) groups is 1. The largest absolute Gasteiger partial charge is 0.329 e. The standard InChI is InChI=1S/C15H21N3O/c1-11(8-16)9-18(4)10-14(19)17-15-12(2)6-5-7-13(15)3/h5-7,11H,9-10H2,1-4H3,(H,17,19)/p+1/t11-/m0/s1. The van der Waals surface area contributed by atoms with Crippen LogP contribution in [0.25, 0.3) is 0 Å². The molecule has 2 atom stereocenters. The van der Waals surface area contributed by atoms with Gasteiger partial charge in [0, 0.05) is 5.69 Å². The molecule has 0 fully saturated rings. The predicted octanol–water partition coefficient (Wildman–Crippen LogP) is 0.916. The van der Waals surface area contributed by atoms with E-state index < -0.39 is 0 Å². The summed E-state index contributed by atoms with van der Waals surface area (Å²) < 4.78 is 0. The first-order chi connectivity index (χ1) is 8.93. The van der Waals surface area contributed by atoms with E-state index in [4.69, 9.17) is 5.26 Å². The Morgan fingerprint density at radius 1 is 1.42 bits per heavy atom. The second-order valence-electron chi connectivity index (χ2n) is 5.18. The van der Waals surface area contributed by atoms with Crippen LogP contribution >= 0.6 is 0 Å². The summed E-state index contributed by atoms with van der Waals surface area (Å²) in [5.41, 5.74) is 3.03. The van der Waals surface area contributed by atoms with Crippen LogP contribution in [0.3, 0.4) is 0 Å². The molecule has 1 rings (SSSR count). The lowest BCUT2D eigenvalue weighted by Gasteiger charge is -2.16. The molecule has 0 aliphatic rings. The summed E-state index contributed by atoms with van der Waals surface area (Å²) in [5.74, 6) is -0.0481. The van der Waals surface area contributed by atoms with Gasteiger partial charge in [0.25, 0.3) is 5.91 Å². The van der Waals surface area contributed by atoms with Gasteiger partial charge in [-0.15, -0.1) is 0 Å². The summed E-state index contributed by atoms with van der Waals surface area (Å²) in [6, 6.07) is 8.13. The highest BCUT2D eigenvalue weighted by atomic mass is 16.2. The smallest absolute Gasteiger partial charge is 0.279 e. The number of amides is 1. The molecule has 2 N–H and O–H groups in total. The lowest BCUT2D eigenvalue weighted by atomic mass is 10.1. The molecule has 0 saturated heterocycles. The van der Waals surface area contributed by atoms with Gasteiger partial charge in [-0.1, -0.05) is 18.2 Å². The fourth-order valence-electron chi connectivity index (χ4n) is 2.11. The highest BCUT2D eigenvalue weighted by Gasteiger charge is 2.14. The molecule has 1 amide bonds. The Balaban J connectivity index is 2.59. The van der Waals surface area contributed by atoms with Crippen molar-refractivity contribution in [3.05, 3.63) is 29.3 Å². The maximum Gasteiger partial charge on any atom is 0.279 e. The number of anilines is 1. The number of carbonyl (C=O) groups excluding carboxylic acids is 1. The monoisotopic (exact) mass is 260 g/mol. The van der Waals surface area contributed by atoms with Gasteiger partial charge in [-0.05, 0) is 31.9 Å². The van der Waals surface area contributed by atoms with E-state index >= 15 is 0 Å². The normalized spacial score (nSPS) is 13.4. The molecule has 0 heterocycles. The van der Waals surface area contributed by atoms with Crippen molar-refractivity contribution >= 4 is 11.6 Å². The molecule has 0 saturated carbocycles. The number of para-hydroxylation sites is 1. The van der Waals surface area contributed by atoms with Gasteiger partial charge in [0.1, 0.15) is 0 Å². The van der Waals surface area contributed by atoms with Crippen LogP contribution in [0, 0.1) is 31.1 Å². The van der Waals surface area contributed by atoms with E-state index in [0.717, 1.165) is 21.7 Å². The minimum atomic E-state index is -0.0343. The fraction of sp³-hybridized carbons (Fsp3) is 0.467. The molecule has 0 spiro atoms. The third-order valence-corrected chi connectivity index (χ3v) is 3.08. The number of aryl methyl sites for hydroxylation is 2. The van der Waals surface area contributed by atoms with Gasteiger partial charge in [0.2, 0.25) is 0 Å². The van der Waals surface area contributed by atoms with Crippen molar-refractivity contribution in [2.75, 3.05) is 25.5 Å². The Morgan fingerprint density at radius 3 is 2.53 bits per heavy atom. The quantitative estimate of drug-likeness (QED) is 0.827. The van der Waals surface area contributed by atoms with Crippen molar-refractivity contribution in [3.8, 4) is 6.07 Å². The zero-order chi connectivity index (χ0) is 14.4. The lowest BCUT2D eigenvalue weighted by Crippen LogP contribution is -3.10. The minimum Gasteiger partial charge on any atom is -0.329 e. The predicted molar refractivity (Wildman–Crippen MR) is 75.9 cm³/mol. The number of hydrogen-bond donors (Lipinski definition) is 2. The van der Waals surface area contributed by atoms with Gasteiger partial charge in [-0.2, -0.15) is 5.26 Å². The molecule has 19 heavy (non-hydrogen) atoms. The summed E-state index contributed by atoms with van der Waals surface area (Å²) in [6.07, 6.45) is 0. The zero-order valence-electron chi connectivity index (χ0n) is 12.1. The SMILES string of the molecule is Cc1cccc(C)c1NC(=O)C[NH+](C)C[C@@H](C)C#N. The van der Waals surface area contributed by atoms with Crippen LogP contribution in [0.15, 0.2) is 18.2 Å². The maximum absolute atomic E-state index is 12.0. The fourth-order valence-corrected chi connectivity index (χ4v) is 2.11. The van der Waals surface area contributed by atoms with E-state index in [2.05, 4.69) is 11.4 Å². The number of quaternary nitrogens is 1. The summed E-state index contributed by atoms with van der Waals surface area (Å²) in [6.45, 7) is 6.89. The van der Waals surface area contributed by atoms with Crippen LogP contribution in [-0.4, -0.2) is 26.0 Å². The van der Waals surface area contributed by atoms with E-state index in [1.165, 1.54) is 0 Å². The third kappa shape index (κ3) is 4.72. The number of hydrogen-bond acceptors (Lipinski definition) is 2. The third-order valence-electron chi connectivity index (χ3n) is 3.08. The highest BCUT2D eigenvalue weighted by Crippen LogP contribution is 2.18. The van der Waals surface area contributed by atoms with Crippen LogP contribution in [0.2, 0.25) is 0 Å². The Kier molecular flexibility index (Phi) is 5.53. The first-order valence-corrected chi connectivity index (χ1v) is 6.51. The van der Waals surface area contributed by atoms with Crippen LogP contribution < -0.4 is 10.2 Å². The van der Waals surface area contributed by atoms with E-state index in [1.807, 2.05) is 46.0 Å². The average molecular weight is 260 g/mol. The first-order valence-electron chi connectivity index (χ1n) is 6.51. The number of nitriles is 1. The van der Waals surface area contributed by atoms with Crippen LogP contribution in [0.1, 0.15) is 18.1 Å². The molecule has 0 bridgehead atoms. The molecule has 0 aliphatic heterocycles. The Hall–Kier alpha value is -1.86. The van der Waals surface area contributed by atoms with Crippen LogP contribution in [-0.2, 0) is 4.79 Å². The summed E-state index contributed by atoms with van der Waals surface area (Å²) in [7, 11) is 1.93. The van der Waals surface area contributed by atoms with E-state index in [1.54, 1.807) is 0 Å². The molecule has 1 unspecified atom stereocenters. The molecular formula is C15H22N3O+. The minimum absolute atomic E-state index is 0.0139.